The molecule has 0 spiro atoms. The summed E-state index contributed by atoms with van der Waals surface area (Å²) in [6.07, 6.45) is 12.7. The first-order chi connectivity index (χ1) is 13.6. The van der Waals surface area contributed by atoms with E-state index in [2.05, 4.69) is 87.5 Å². The van der Waals surface area contributed by atoms with Crippen LogP contribution in [-0.2, 0) is 25.8 Å². The van der Waals surface area contributed by atoms with Gasteiger partial charge in [-0.1, -0.05) is 0 Å². The molecular weight excluding hydrogens is 522 g/mol. The number of aryl methyl sites for hydroxylation is 1. The fourth-order valence-corrected chi connectivity index (χ4v) is 14.7. The first-order valence-corrected chi connectivity index (χ1v) is 15.0. The number of rotatable bonds is 7. The van der Waals surface area contributed by atoms with Crippen LogP contribution >= 0.6 is 8.58 Å². The van der Waals surface area contributed by atoms with Crippen molar-refractivity contribution in [3.63, 3.8) is 0 Å². The number of hydrogen-bond donors (Lipinski definition) is 0. The van der Waals surface area contributed by atoms with Gasteiger partial charge in [-0.15, -0.1) is 0 Å². The molecule has 0 saturated heterocycles. The molecule has 0 heterocycles. The third-order valence-corrected chi connectivity index (χ3v) is 16.2. The normalized spacial score (nSPS) is 20.9. The summed E-state index contributed by atoms with van der Waals surface area (Å²) in [5.74, 6) is 0. The molecule has 2 aromatic carbocycles. The number of fused-ring (bicyclic) bond motifs is 1. The number of allylic oxidation sites excluding steroid dienone is 5. The van der Waals surface area contributed by atoms with Crippen molar-refractivity contribution < 1.29 is 22.9 Å². The Bertz CT molecular complexity index is 966. The molecule has 0 bridgehead atoms. The van der Waals surface area contributed by atoms with Gasteiger partial charge in [0, 0.05) is 0 Å². The van der Waals surface area contributed by atoms with Gasteiger partial charge < -0.3 is 0 Å². The molecule has 2 unspecified atom stereocenters. The zero-order valence-corrected chi connectivity index (χ0v) is 21.8. The van der Waals surface area contributed by atoms with Crippen molar-refractivity contribution in [3.8, 4) is 0 Å². The van der Waals surface area contributed by atoms with Crippen LogP contribution in [0.15, 0.2) is 75.2 Å². The second kappa shape index (κ2) is 8.76. The van der Waals surface area contributed by atoms with Crippen LogP contribution in [0.25, 0.3) is 6.08 Å². The van der Waals surface area contributed by atoms with Gasteiger partial charge in [-0.25, -0.2) is 0 Å². The van der Waals surface area contributed by atoms with E-state index in [0.717, 1.165) is 8.58 Å². The van der Waals surface area contributed by atoms with Gasteiger partial charge in [-0.3, -0.25) is 0 Å². The summed E-state index contributed by atoms with van der Waals surface area (Å²) in [5, 5.41) is 1.55. The maximum atomic E-state index is 2.59. The maximum absolute atomic E-state index is 2.59. The van der Waals surface area contributed by atoms with Crippen LogP contribution in [0.4, 0.5) is 0 Å². The van der Waals surface area contributed by atoms with Crippen LogP contribution in [0, 0.1) is 6.92 Å². The summed E-state index contributed by atoms with van der Waals surface area (Å²) >= 11 is -1.10. The van der Waals surface area contributed by atoms with Gasteiger partial charge in [0.15, 0.2) is 0 Å². The Morgan fingerprint density at radius 1 is 1.04 bits per heavy atom. The Kier molecular flexibility index (Phi) is 6.34. The van der Waals surface area contributed by atoms with Crippen LogP contribution < -0.4 is 5.30 Å². The average molecular weight is 551 g/mol. The zero-order chi connectivity index (χ0) is 19.6. The molecule has 2 heteroatoms. The molecule has 2 aromatic rings. The molecule has 142 valence electrons. The first-order valence-electron chi connectivity index (χ1n) is 10.4. The van der Waals surface area contributed by atoms with Crippen LogP contribution in [0.1, 0.15) is 56.2 Å². The van der Waals surface area contributed by atoms with Gasteiger partial charge in [-0.2, -0.15) is 0 Å². The predicted octanol–water partition coefficient (Wildman–Crippen LogP) is 7.06. The van der Waals surface area contributed by atoms with E-state index in [4.69, 9.17) is 0 Å². The fraction of sp³-hybridized carbons (Fsp3) is 0.308. The molecule has 0 amide bonds. The molecule has 2 aliphatic rings. The third kappa shape index (κ3) is 3.99. The summed E-state index contributed by atoms with van der Waals surface area (Å²) in [6.45, 7) is 6.98. The zero-order valence-electron chi connectivity index (χ0n) is 17.2. The van der Waals surface area contributed by atoms with Crippen molar-refractivity contribution >= 4 is 20.0 Å². The van der Waals surface area contributed by atoms with Crippen LogP contribution in [0.2, 0.25) is 0 Å². The minimum absolute atomic E-state index is 0.299. The van der Waals surface area contributed by atoms with Crippen LogP contribution in [-0.4, -0.2) is 0 Å². The van der Waals surface area contributed by atoms with Gasteiger partial charge in [0.2, 0.25) is 0 Å². The monoisotopic (exact) mass is 552 g/mol. The van der Waals surface area contributed by atoms with E-state index in [-0.39, 0.29) is 0 Å². The average Bonchev–Trinajstić information content (AvgIpc) is 3.24. The van der Waals surface area contributed by atoms with Crippen LogP contribution in [0.5, 0.6) is 0 Å². The predicted molar refractivity (Wildman–Crippen MR) is 121 cm³/mol. The number of hydrogen-bond acceptors (Lipinski definition) is 0. The fourth-order valence-electron chi connectivity index (χ4n) is 4.25. The van der Waals surface area contributed by atoms with E-state index in [1.807, 2.05) is 3.33 Å². The number of benzene rings is 2. The van der Waals surface area contributed by atoms with Crippen molar-refractivity contribution in [3.05, 3.63) is 91.8 Å². The Labute approximate surface area is 183 Å². The van der Waals surface area contributed by atoms with E-state index in [9.17, 15) is 0 Å². The summed E-state index contributed by atoms with van der Waals surface area (Å²) in [5.41, 5.74) is 7.80. The van der Waals surface area contributed by atoms with E-state index < -0.39 is 22.9 Å². The SMILES string of the molecule is CCCCC1=CC[C]([Hf][C]2(Pc3ccccc3C)C=Cc3ccccc32)=C1C. The van der Waals surface area contributed by atoms with Crippen molar-refractivity contribution in [1.29, 1.82) is 0 Å². The Morgan fingerprint density at radius 3 is 2.64 bits per heavy atom. The second-order valence-electron chi connectivity index (χ2n) is 7.93. The van der Waals surface area contributed by atoms with Gasteiger partial charge in [0.25, 0.3) is 0 Å². The Morgan fingerprint density at radius 2 is 1.82 bits per heavy atom. The molecule has 0 saturated carbocycles. The molecule has 28 heavy (non-hydrogen) atoms. The second-order valence-corrected chi connectivity index (χ2v) is 17.2. The third-order valence-electron chi connectivity index (χ3n) is 6.01. The molecule has 0 fully saturated rings. The van der Waals surface area contributed by atoms with Crippen molar-refractivity contribution in [1.82, 2.24) is 0 Å². The molecule has 0 N–H and O–H groups in total. The number of unbranched alkanes of at least 4 members (excludes halogenated alkanes) is 1. The van der Waals surface area contributed by atoms with Crippen molar-refractivity contribution in [2.45, 2.75) is 49.4 Å². The topological polar surface area (TPSA) is 0 Å². The van der Waals surface area contributed by atoms with E-state index >= 15 is 0 Å². The molecule has 0 aromatic heterocycles. The van der Waals surface area contributed by atoms with Crippen molar-refractivity contribution in [2.24, 2.45) is 0 Å². The van der Waals surface area contributed by atoms with Gasteiger partial charge in [0.1, 0.15) is 0 Å². The summed E-state index contributed by atoms with van der Waals surface area (Å²) < 4.78 is 2.14. The Hall–Kier alpha value is -1.04. The van der Waals surface area contributed by atoms with E-state index in [1.54, 1.807) is 22.0 Å². The first kappa shape index (κ1) is 20.2. The van der Waals surface area contributed by atoms with Gasteiger partial charge in [-0.05, 0) is 0 Å². The molecule has 2 atom stereocenters. The summed E-state index contributed by atoms with van der Waals surface area (Å²) in [7, 11) is 0.846. The Balaban J connectivity index is 1.69. The molecule has 0 nitrogen and oxygen atoms in total. The molecule has 2 aliphatic carbocycles. The molecule has 0 aliphatic heterocycles. The quantitative estimate of drug-likeness (QED) is 0.256. The standard InChI is InChI=1S/C16H14P.C10H15.Hf/c1-12-6-2-5-9-15(12)17-16-11-10-13-7-3-4-8-14(13)16;1-3-4-7-10-8-5-6-9(10)2;/h2-11,17H,1H3;8H,3-5,7H2,1-2H3;. The van der Waals surface area contributed by atoms with Gasteiger partial charge in [0.05, 0.1) is 0 Å². The minimum atomic E-state index is -1.10. The molecular formula is C26H29HfP. The van der Waals surface area contributed by atoms with E-state index in [0.29, 0.717) is 2.91 Å². The molecule has 4 rings (SSSR count). The van der Waals surface area contributed by atoms with E-state index in [1.165, 1.54) is 36.8 Å². The van der Waals surface area contributed by atoms with Gasteiger partial charge >= 0.3 is 184 Å². The summed E-state index contributed by atoms with van der Waals surface area (Å²) in [4.78, 5) is 0. The van der Waals surface area contributed by atoms with Crippen LogP contribution in [0.3, 0.4) is 0 Å². The summed E-state index contributed by atoms with van der Waals surface area (Å²) in [6, 6.07) is 18.2. The molecule has 0 radical (unpaired) electrons. The van der Waals surface area contributed by atoms with Crippen molar-refractivity contribution in [2.75, 3.05) is 0 Å².